The van der Waals surface area contributed by atoms with Crippen LogP contribution < -0.4 is 0 Å². The van der Waals surface area contributed by atoms with Gasteiger partial charge in [-0.25, -0.2) is 0 Å². The van der Waals surface area contributed by atoms with E-state index in [2.05, 4.69) is 9.98 Å². The van der Waals surface area contributed by atoms with Gasteiger partial charge in [0.2, 0.25) is 0 Å². The summed E-state index contributed by atoms with van der Waals surface area (Å²) in [6, 6.07) is 0. The predicted octanol–water partition coefficient (Wildman–Crippen LogP) is 1.10. The molecule has 0 saturated heterocycles. The first-order valence-electron chi connectivity index (χ1n) is 2.85. The number of rotatable bonds is 0. The zero-order chi connectivity index (χ0) is 6.10. The van der Waals surface area contributed by atoms with E-state index in [4.69, 9.17) is 0 Å². The maximum absolute atomic E-state index is 4.17. The molecule has 0 aliphatic carbocycles. The molecule has 0 aromatic carbocycles. The van der Waals surface area contributed by atoms with Gasteiger partial charge in [0, 0.05) is 6.21 Å². The molecule has 2 nitrogen and oxygen atoms in total. The van der Waals surface area contributed by atoms with Crippen LogP contribution in [-0.2, 0) is 0 Å². The van der Waals surface area contributed by atoms with Crippen molar-refractivity contribution in [2.75, 3.05) is 6.54 Å². The van der Waals surface area contributed by atoms with E-state index in [0.717, 1.165) is 6.54 Å². The third-order valence-electron chi connectivity index (χ3n) is 1.38. The number of hydrogen-bond donors (Lipinski definition) is 0. The molecule has 0 amide bonds. The first-order valence-corrected chi connectivity index (χ1v) is 3.79. The van der Waals surface area contributed by atoms with Gasteiger partial charge in [0.25, 0.3) is 0 Å². The fourth-order valence-electron chi connectivity index (χ4n) is 0.890. The molecule has 1 atom stereocenters. The Hall–Kier alpha value is -0.570. The maximum atomic E-state index is 4.17. The lowest BCUT2D eigenvalue weighted by molar-refractivity contribution is 0.961. The number of allylic oxidation sites excluding steroid dienone is 1. The third kappa shape index (κ3) is 0.812. The second-order valence-electron chi connectivity index (χ2n) is 1.96. The number of aliphatic imine (C=N–C) groups is 2. The standard InChI is InChI=1S/C6H6N2S/c1-2-7-3-6-5(1)8-4-9-6/h1-2,4,6H,3H2. The number of fused-ring (bicyclic) bond motifs is 1. The predicted molar refractivity (Wildman–Crippen MR) is 41.3 cm³/mol. The molecular formula is C6H6N2S. The summed E-state index contributed by atoms with van der Waals surface area (Å²) < 4.78 is 0. The first-order chi connectivity index (χ1) is 4.47. The number of nitrogens with zero attached hydrogens (tertiary/aromatic N) is 2. The summed E-state index contributed by atoms with van der Waals surface area (Å²) in [7, 11) is 0. The van der Waals surface area contributed by atoms with E-state index in [0.29, 0.717) is 5.25 Å². The van der Waals surface area contributed by atoms with Gasteiger partial charge in [-0.2, -0.15) is 0 Å². The molecule has 0 radical (unpaired) electrons. The average Bonchev–Trinajstić information content (AvgIpc) is 2.33. The van der Waals surface area contributed by atoms with E-state index >= 15 is 0 Å². The summed E-state index contributed by atoms with van der Waals surface area (Å²) in [5, 5.41) is 0.523. The Morgan fingerprint density at radius 3 is 3.56 bits per heavy atom. The average molecular weight is 138 g/mol. The van der Waals surface area contributed by atoms with Gasteiger partial charge in [-0.1, -0.05) is 0 Å². The Kier molecular flexibility index (Phi) is 1.16. The summed E-state index contributed by atoms with van der Waals surface area (Å²) >= 11 is 1.75. The third-order valence-corrected chi connectivity index (χ3v) is 2.32. The summed E-state index contributed by atoms with van der Waals surface area (Å²) in [5.74, 6) is 0. The molecule has 3 heteroatoms. The second-order valence-corrected chi connectivity index (χ2v) is 3.02. The Balaban J connectivity index is 2.31. The summed E-state index contributed by atoms with van der Waals surface area (Å²) in [4.78, 5) is 8.28. The molecular weight excluding hydrogens is 132 g/mol. The van der Waals surface area contributed by atoms with Gasteiger partial charge in [0.1, 0.15) is 0 Å². The van der Waals surface area contributed by atoms with Crippen molar-refractivity contribution >= 4 is 23.5 Å². The molecule has 0 saturated carbocycles. The smallest absolute Gasteiger partial charge is 0.0722 e. The molecule has 0 fully saturated rings. The van der Waals surface area contributed by atoms with Gasteiger partial charge >= 0.3 is 0 Å². The van der Waals surface area contributed by atoms with Crippen LogP contribution in [0, 0.1) is 0 Å². The van der Waals surface area contributed by atoms with E-state index in [-0.39, 0.29) is 0 Å². The molecule has 0 aromatic rings. The fraction of sp³-hybridized carbons (Fsp3) is 0.333. The van der Waals surface area contributed by atoms with E-state index in [1.165, 1.54) is 5.70 Å². The second kappa shape index (κ2) is 1.99. The Morgan fingerprint density at radius 1 is 1.67 bits per heavy atom. The van der Waals surface area contributed by atoms with Crippen LogP contribution in [0.3, 0.4) is 0 Å². The Labute approximate surface area is 57.8 Å². The van der Waals surface area contributed by atoms with Crippen LogP contribution in [0.2, 0.25) is 0 Å². The lowest BCUT2D eigenvalue weighted by Crippen LogP contribution is -2.09. The first kappa shape index (κ1) is 5.23. The van der Waals surface area contributed by atoms with Crippen LogP contribution in [0.15, 0.2) is 21.8 Å². The van der Waals surface area contributed by atoms with Crippen LogP contribution in [-0.4, -0.2) is 23.6 Å². The molecule has 0 spiro atoms. The number of hydrogen-bond acceptors (Lipinski definition) is 3. The van der Waals surface area contributed by atoms with Crippen LogP contribution in [0.1, 0.15) is 0 Å². The highest BCUT2D eigenvalue weighted by atomic mass is 32.2. The normalized spacial score (nSPS) is 30.2. The van der Waals surface area contributed by atoms with Crippen molar-refractivity contribution in [2.45, 2.75) is 5.25 Å². The highest BCUT2D eigenvalue weighted by Gasteiger charge is 2.18. The molecule has 1 unspecified atom stereocenters. The van der Waals surface area contributed by atoms with Crippen molar-refractivity contribution in [1.82, 2.24) is 0 Å². The quantitative estimate of drug-likeness (QED) is 0.492. The molecule has 2 heterocycles. The van der Waals surface area contributed by atoms with Gasteiger partial charge < -0.3 is 0 Å². The molecule has 9 heavy (non-hydrogen) atoms. The summed E-state index contributed by atoms with van der Waals surface area (Å²) in [5.41, 5.74) is 3.07. The SMILES string of the molecule is C1=NCC2SC=NC2=C1. The van der Waals surface area contributed by atoms with Gasteiger partial charge in [-0.05, 0) is 6.08 Å². The van der Waals surface area contributed by atoms with Crippen molar-refractivity contribution in [3.05, 3.63) is 11.8 Å². The maximum Gasteiger partial charge on any atom is 0.0722 e. The van der Waals surface area contributed by atoms with Crippen molar-refractivity contribution in [3.63, 3.8) is 0 Å². The van der Waals surface area contributed by atoms with E-state index in [1.807, 2.05) is 17.8 Å². The van der Waals surface area contributed by atoms with E-state index in [1.54, 1.807) is 11.8 Å². The van der Waals surface area contributed by atoms with Gasteiger partial charge in [0.15, 0.2) is 0 Å². The van der Waals surface area contributed by atoms with Crippen molar-refractivity contribution in [3.8, 4) is 0 Å². The van der Waals surface area contributed by atoms with Crippen LogP contribution in [0.25, 0.3) is 0 Å². The summed E-state index contributed by atoms with van der Waals surface area (Å²) in [6.45, 7) is 0.899. The molecule has 2 aliphatic rings. The monoisotopic (exact) mass is 138 g/mol. The van der Waals surface area contributed by atoms with E-state index in [9.17, 15) is 0 Å². The lowest BCUT2D eigenvalue weighted by atomic mass is 10.2. The van der Waals surface area contributed by atoms with Crippen molar-refractivity contribution < 1.29 is 0 Å². The van der Waals surface area contributed by atoms with Crippen molar-refractivity contribution in [1.29, 1.82) is 0 Å². The molecule has 46 valence electrons. The highest BCUT2D eigenvalue weighted by Crippen LogP contribution is 2.26. The highest BCUT2D eigenvalue weighted by molar-refractivity contribution is 8.13. The minimum absolute atomic E-state index is 0.523. The minimum atomic E-state index is 0.523. The molecule has 2 aliphatic heterocycles. The largest absolute Gasteiger partial charge is 0.292 e. The topological polar surface area (TPSA) is 24.7 Å². The van der Waals surface area contributed by atoms with Crippen LogP contribution in [0.4, 0.5) is 0 Å². The number of dihydropyridines is 1. The van der Waals surface area contributed by atoms with Gasteiger partial charge in [-0.3, -0.25) is 9.98 Å². The van der Waals surface area contributed by atoms with E-state index < -0.39 is 0 Å². The molecule has 2 rings (SSSR count). The van der Waals surface area contributed by atoms with Gasteiger partial charge in [0.05, 0.1) is 23.0 Å². The van der Waals surface area contributed by atoms with Crippen molar-refractivity contribution in [2.24, 2.45) is 9.98 Å². The summed E-state index contributed by atoms with van der Waals surface area (Å²) in [6.07, 6.45) is 3.81. The van der Waals surface area contributed by atoms with Crippen LogP contribution in [0.5, 0.6) is 0 Å². The Bertz CT molecular complexity index is 205. The fourth-order valence-corrected chi connectivity index (χ4v) is 1.67. The molecule has 0 aromatic heterocycles. The van der Waals surface area contributed by atoms with Crippen LogP contribution >= 0.6 is 11.8 Å². The molecule has 0 bridgehead atoms. The lowest BCUT2D eigenvalue weighted by Gasteiger charge is -2.07. The zero-order valence-electron chi connectivity index (χ0n) is 4.82. The Morgan fingerprint density at radius 2 is 2.67 bits per heavy atom. The minimum Gasteiger partial charge on any atom is -0.292 e. The number of thioether (sulfide) groups is 1. The van der Waals surface area contributed by atoms with Gasteiger partial charge in [-0.15, -0.1) is 11.8 Å². The molecule has 0 N–H and O–H groups in total. The zero-order valence-corrected chi connectivity index (χ0v) is 5.64.